The molecule has 0 fully saturated rings. The smallest absolute Gasteiger partial charge is 0.155 e. The maximum absolute atomic E-state index is 10.8. The van der Waals surface area contributed by atoms with E-state index in [-0.39, 0.29) is 0 Å². The van der Waals surface area contributed by atoms with E-state index in [0.717, 1.165) is 32.1 Å². The first-order valence-corrected chi connectivity index (χ1v) is 4.70. The van der Waals surface area contributed by atoms with Gasteiger partial charge in [0.1, 0.15) is 0 Å². The molecule has 0 amide bonds. The summed E-state index contributed by atoms with van der Waals surface area (Å²) >= 11 is 0. The van der Waals surface area contributed by atoms with Crippen molar-refractivity contribution in [2.45, 2.75) is 39.0 Å². The monoisotopic (exact) mass is 164 g/mol. The van der Waals surface area contributed by atoms with Crippen LogP contribution < -0.4 is 0 Å². The predicted octanol–water partition coefficient (Wildman–Crippen LogP) is 3.02. The second-order valence-corrected chi connectivity index (χ2v) is 3.19. The highest BCUT2D eigenvalue weighted by molar-refractivity contribution is 5.92. The van der Waals surface area contributed by atoms with Crippen molar-refractivity contribution in [3.8, 4) is 0 Å². The lowest BCUT2D eigenvalue weighted by Gasteiger charge is -1.95. The number of carbonyl (C=O) groups excluding carboxylic acids is 1. The van der Waals surface area contributed by atoms with Gasteiger partial charge in [-0.2, -0.15) is 0 Å². The maximum Gasteiger partial charge on any atom is 0.155 e. The van der Waals surface area contributed by atoms with E-state index >= 15 is 0 Å². The van der Waals surface area contributed by atoms with Crippen molar-refractivity contribution < 1.29 is 4.79 Å². The van der Waals surface area contributed by atoms with Crippen molar-refractivity contribution in [3.05, 3.63) is 23.8 Å². The van der Waals surface area contributed by atoms with Crippen LogP contribution in [0.2, 0.25) is 0 Å². The summed E-state index contributed by atoms with van der Waals surface area (Å²) in [5.41, 5.74) is 1.33. The molecular formula is C11H16O. The molecule has 0 aromatic carbocycles. The first-order valence-electron chi connectivity index (χ1n) is 4.70. The molecule has 0 bridgehead atoms. The second-order valence-electron chi connectivity index (χ2n) is 3.19. The summed E-state index contributed by atoms with van der Waals surface area (Å²) in [6.07, 6.45) is 11.2. The molecule has 0 spiro atoms. The van der Waals surface area contributed by atoms with Crippen molar-refractivity contribution in [3.63, 3.8) is 0 Å². The van der Waals surface area contributed by atoms with Crippen molar-refractivity contribution >= 4 is 5.78 Å². The molecule has 0 N–H and O–H groups in total. The minimum Gasteiger partial charge on any atom is -0.295 e. The third kappa shape index (κ3) is 3.04. The number of carbonyl (C=O) groups is 1. The van der Waals surface area contributed by atoms with Gasteiger partial charge in [-0.3, -0.25) is 4.79 Å². The molecule has 0 atom stereocenters. The molecule has 0 radical (unpaired) electrons. The van der Waals surface area contributed by atoms with E-state index < -0.39 is 0 Å². The lowest BCUT2D eigenvalue weighted by atomic mass is 10.1. The molecule has 12 heavy (non-hydrogen) atoms. The third-order valence-electron chi connectivity index (χ3n) is 2.09. The Bertz CT molecular complexity index is 211. The molecule has 0 saturated heterocycles. The molecule has 0 aromatic rings. The van der Waals surface area contributed by atoms with Gasteiger partial charge in [0, 0.05) is 6.42 Å². The Morgan fingerprint density at radius 1 is 1.42 bits per heavy atom. The predicted molar refractivity (Wildman–Crippen MR) is 51.0 cm³/mol. The van der Waals surface area contributed by atoms with E-state index in [9.17, 15) is 4.79 Å². The van der Waals surface area contributed by atoms with Gasteiger partial charge in [-0.1, -0.05) is 24.6 Å². The van der Waals surface area contributed by atoms with Crippen LogP contribution in [-0.2, 0) is 4.79 Å². The van der Waals surface area contributed by atoms with Crippen molar-refractivity contribution in [2.75, 3.05) is 0 Å². The van der Waals surface area contributed by atoms with Gasteiger partial charge in [0.15, 0.2) is 5.78 Å². The topological polar surface area (TPSA) is 17.1 Å². The first kappa shape index (κ1) is 9.24. The molecule has 0 heterocycles. The molecule has 0 aliphatic heterocycles. The van der Waals surface area contributed by atoms with E-state index in [1.807, 2.05) is 6.08 Å². The molecule has 0 unspecified atom stereocenters. The SMILES string of the molecule is CCC=CCCC1=CC(=O)CC1. The molecule has 1 aliphatic carbocycles. The summed E-state index contributed by atoms with van der Waals surface area (Å²) < 4.78 is 0. The van der Waals surface area contributed by atoms with Crippen LogP contribution in [-0.4, -0.2) is 5.78 Å². The largest absolute Gasteiger partial charge is 0.295 e. The Morgan fingerprint density at radius 2 is 2.25 bits per heavy atom. The molecule has 0 aromatic heterocycles. The zero-order chi connectivity index (χ0) is 8.81. The average Bonchev–Trinajstić information content (AvgIpc) is 2.45. The normalized spacial score (nSPS) is 17.4. The lowest BCUT2D eigenvalue weighted by molar-refractivity contribution is -0.114. The summed E-state index contributed by atoms with van der Waals surface area (Å²) in [6.45, 7) is 2.13. The van der Waals surface area contributed by atoms with Gasteiger partial charge in [-0.25, -0.2) is 0 Å². The molecule has 1 heteroatoms. The quantitative estimate of drug-likeness (QED) is 0.584. The number of ketones is 1. The summed E-state index contributed by atoms with van der Waals surface area (Å²) in [5.74, 6) is 0.310. The summed E-state index contributed by atoms with van der Waals surface area (Å²) in [4.78, 5) is 10.8. The Morgan fingerprint density at radius 3 is 2.83 bits per heavy atom. The lowest BCUT2D eigenvalue weighted by Crippen LogP contribution is -1.80. The van der Waals surface area contributed by atoms with Crippen molar-refractivity contribution in [1.82, 2.24) is 0 Å². The number of rotatable bonds is 4. The highest BCUT2D eigenvalue weighted by atomic mass is 16.1. The van der Waals surface area contributed by atoms with Gasteiger partial charge in [0.05, 0.1) is 0 Å². The molecule has 0 saturated carbocycles. The van der Waals surface area contributed by atoms with E-state index in [4.69, 9.17) is 0 Å². The van der Waals surface area contributed by atoms with Gasteiger partial charge >= 0.3 is 0 Å². The van der Waals surface area contributed by atoms with E-state index in [2.05, 4.69) is 19.1 Å². The van der Waals surface area contributed by atoms with Gasteiger partial charge in [0.25, 0.3) is 0 Å². The van der Waals surface area contributed by atoms with Crippen LogP contribution in [0.1, 0.15) is 39.0 Å². The minimum absolute atomic E-state index is 0.310. The highest BCUT2D eigenvalue weighted by Gasteiger charge is 2.09. The summed E-state index contributed by atoms with van der Waals surface area (Å²) in [5, 5.41) is 0. The van der Waals surface area contributed by atoms with Crippen molar-refractivity contribution in [2.24, 2.45) is 0 Å². The Balaban J connectivity index is 2.20. The van der Waals surface area contributed by atoms with Gasteiger partial charge in [-0.05, 0) is 31.8 Å². The van der Waals surface area contributed by atoms with Crippen LogP contribution >= 0.6 is 0 Å². The van der Waals surface area contributed by atoms with E-state index in [0.29, 0.717) is 5.78 Å². The van der Waals surface area contributed by atoms with Gasteiger partial charge in [0.2, 0.25) is 0 Å². The van der Waals surface area contributed by atoms with Crippen LogP contribution in [0.15, 0.2) is 23.8 Å². The van der Waals surface area contributed by atoms with Crippen LogP contribution in [0, 0.1) is 0 Å². The number of allylic oxidation sites excluding steroid dienone is 4. The minimum atomic E-state index is 0.310. The zero-order valence-corrected chi connectivity index (χ0v) is 7.68. The number of hydrogen-bond acceptors (Lipinski definition) is 1. The molecule has 66 valence electrons. The standard InChI is InChI=1S/C11H16O/c1-2-3-4-5-6-10-7-8-11(12)9-10/h3-4,9H,2,5-8H2,1H3. The van der Waals surface area contributed by atoms with Gasteiger partial charge < -0.3 is 0 Å². The van der Waals surface area contributed by atoms with Gasteiger partial charge in [-0.15, -0.1) is 0 Å². The third-order valence-corrected chi connectivity index (χ3v) is 2.09. The fourth-order valence-electron chi connectivity index (χ4n) is 1.41. The summed E-state index contributed by atoms with van der Waals surface area (Å²) in [6, 6.07) is 0. The fourth-order valence-corrected chi connectivity index (χ4v) is 1.41. The number of hydrogen-bond donors (Lipinski definition) is 0. The highest BCUT2D eigenvalue weighted by Crippen LogP contribution is 2.19. The van der Waals surface area contributed by atoms with Crippen LogP contribution in [0.3, 0.4) is 0 Å². The van der Waals surface area contributed by atoms with Crippen LogP contribution in [0.5, 0.6) is 0 Å². The first-order chi connectivity index (χ1) is 5.83. The average molecular weight is 164 g/mol. The van der Waals surface area contributed by atoms with E-state index in [1.165, 1.54) is 5.57 Å². The maximum atomic E-state index is 10.8. The van der Waals surface area contributed by atoms with Crippen LogP contribution in [0.25, 0.3) is 0 Å². The Hall–Kier alpha value is -0.850. The molecule has 1 aliphatic rings. The summed E-state index contributed by atoms with van der Waals surface area (Å²) in [7, 11) is 0. The van der Waals surface area contributed by atoms with Crippen LogP contribution in [0.4, 0.5) is 0 Å². The van der Waals surface area contributed by atoms with Crippen molar-refractivity contribution in [1.29, 1.82) is 0 Å². The fraction of sp³-hybridized carbons (Fsp3) is 0.545. The Labute approximate surface area is 74.2 Å². The second kappa shape index (κ2) is 4.91. The van der Waals surface area contributed by atoms with E-state index in [1.54, 1.807) is 0 Å². The molecule has 1 rings (SSSR count). The zero-order valence-electron chi connectivity index (χ0n) is 7.68. The molecule has 1 nitrogen and oxygen atoms in total. The Kier molecular flexibility index (Phi) is 3.78. The molecular weight excluding hydrogens is 148 g/mol.